The maximum Gasteiger partial charge on any atom is 0.347 e. The number of pyridine rings is 1. The van der Waals surface area contributed by atoms with E-state index in [4.69, 9.17) is 9.15 Å². The third-order valence-electron chi connectivity index (χ3n) is 4.70. The smallest absolute Gasteiger partial charge is 0.347 e. The van der Waals surface area contributed by atoms with Crippen LogP contribution < -0.4 is 4.74 Å². The van der Waals surface area contributed by atoms with Gasteiger partial charge in [0.1, 0.15) is 22.8 Å². The van der Waals surface area contributed by atoms with Crippen LogP contribution in [0.2, 0.25) is 0 Å². The molecule has 1 aliphatic carbocycles. The Morgan fingerprint density at radius 2 is 1.97 bits per heavy atom. The van der Waals surface area contributed by atoms with Crippen LogP contribution in [0.3, 0.4) is 0 Å². The zero-order valence-electron chi connectivity index (χ0n) is 15.9. The molecule has 0 fully saturated rings. The standard InChI is InChI=1S/C23H15NO6/c1-3-14(25)10-13-6-4-7-15(11-13)30-23(28)17-12(2)29-22-18(17)21(27)19-16(20(22)26)8-5-9-24-19/h3-9,11H,1,10H2,2H3. The first kappa shape index (κ1) is 19.2. The SMILES string of the molecule is C=CC(=O)Cc1cccc(OC(=O)c2c(C)oc3c2C(=O)c2ncccc2C3=O)c1. The lowest BCUT2D eigenvalue weighted by molar-refractivity contribution is -0.114. The molecule has 148 valence electrons. The number of allylic oxidation sites excluding steroid dienone is 1. The zero-order valence-corrected chi connectivity index (χ0v) is 15.9. The van der Waals surface area contributed by atoms with Gasteiger partial charge in [-0.1, -0.05) is 18.7 Å². The Bertz CT molecular complexity index is 1250. The van der Waals surface area contributed by atoms with Crippen LogP contribution in [0.1, 0.15) is 53.9 Å². The molecule has 2 heterocycles. The number of aryl methyl sites for hydroxylation is 1. The highest BCUT2D eigenvalue weighted by atomic mass is 16.5. The van der Waals surface area contributed by atoms with Crippen molar-refractivity contribution in [2.45, 2.75) is 13.3 Å². The number of carbonyl (C=O) groups is 4. The van der Waals surface area contributed by atoms with Gasteiger partial charge in [-0.05, 0) is 42.8 Å². The van der Waals surface area contributed by atoms with Gasteiger partial charge < -0.3 is 9.15 Å². The van der Waals surface area contributed by atoms with E-state index in [1.807, 2.05) is 0 Å². The number of benzene rings is 1. The van der Waals surface area contributed by atoms with Gasteiger partial charge in [-0.25, -0.2) is 4.79 Å². The average Bonchev–Trinajstić information content (AvgIpc) is 3.10. The van der Waals surface area contributed by atoms with Crippen molar-refractivity contribution >= 4 is 23.3 Å². The Balaban J connectivity index is 1.69. The Morgan fingerprint density at radius 3 is 2.73 bits per heavy atom. The predicted octanol–water partition coefficient (Wildman–Crippen LogP) is 3.28. The minimum Gasteiger partial charge on any atom is -0.456 e. The molecule has 0 amide bonds. The molecular formula is C23H15NO6. The number of fused-ring (bicyclic) bond motifs is 2. The average molecular weight is 401 g/mol. The van der Waals surface area contributed by atoms with Crippen molar-refractivity contribution in [3.8, 4) is 5.75 Å². The molecule has 1 aliphatic rings. The molecule has 4 rings (SSSR count). The van der Waals surface area contributed by atoms with Crippen LogP contribution in [0.4, 0.5) is 0 Å². The molecule has 0 saturated heterocycles. The molecule has 30 heavy (non-hydrogen) atoms. The summed E-state index contributed by atoms with van der Waals surface area (Å²) >= 11 is 0. The minimum atomic E-state index is -0.842. The summed E-state index contributed by atoms with van der Waals surface area (Å²) in [5.74, 6) is -2.02. The van der Waals surface area contributed by atoms with Crippen molar-refractivity contribution in [1.29, 1.82) is 0 Å². The number of ketones is 3. The number of hydrogen-bond donors (Lipinski definition) is 0. The van der Waals surface area contributed by atoms with E-state index in [9.17, 15) is 19.2 Å². The van der Waals surface area contributed by atoms with Gasteiger partial charge in [0.2, 0.25) is 11.6 Å². The van der Waals surface area contributed by atoms with E-state index in [1.165, 1.54) is 25.3 Å². The van der Waals surface area contributed by atoms with Gasteiger partial charge in [0, 0.05) is 12.6 Å². The maximum atomic E-state index is 12.9. The van der Waals surface area contributed by atoms with E-state index in [2.05, 4.69) is 11.6 Å². The fraction of sp³-hybridized carbons (Fsp3) is 0.0870. The number of nitrogens with zero attached hydrogens (tertiary/aromatic N) is 1. The number of aromatic nitrogens is 1. The first-order valence-corrected chi connectivity index (χ1v) is 9.05. The predicted molar refractivity (Wildman–Crippen MR) is 105 cm³/mol. The summed E-state index contributed by atoms with van der Waals surface area (Å²) in [5, 5.41) is 0. The Kier molecular flexibility index (Phi) is 4.71. The molecule has 0 aliphatic heterocycles. The molecular weight excluding hydrogens is 386 g/mol. The molecule has 2 aromatic heterocycles. The van der Waals surface area contributed by atoms with Crippen LogP contribution in [0.5, 0.6) is 5.75 Å². The van der Waals surface area contributed by atoms with Crippen molar-refractivity contribution in [2.24, 2.45) is 0 Å². The van der Waals surface area contributed by atoms with E-state index in [0.29, 0.717) is 5.56 Å². The zero-order chi connectivity index (χ0) is 21.4. The third kappa shape index (κ3) is 3.16. The first-order valence-electron chi connectivity index (χ1n) is 9.05. The van der Waals surface area contributed by atoms with Crippen molar-refractivity contribution in [3.05, 3.63) is 94.7 Å². The quantitative estimate of drug-likeness (QED) is 0.287. The van der Waals surface area contributed by atoms with Crippen molar-refractivity contribution in [1.82, 2.24) is 4.98 Å². The molecule has 0 saturated carbocycles. The summed E-state index contributed by atoms with van der Waals surface area (Å²) in [6, 6.07) is 9.48. The number of esters is 1. The third-order valence-corrected chi connectivity index (χ3v) is 4.70. The molecule has 1 aromatic carbocycles. The first-order chi connectivity index (χ1) is 14.4. The molecule has 0 atom stereocenters. The van der Waals surface area contributed by atoms with Gasteiger partial charge in [0.05, 0.1) is 11.1 Å². The normalized spacial score (nSPS) is 12.2. The molecule has 7 heteroatoms. The highest BCUT2D eigenvalue weighted by Crippen LogP contribution is 2.33. The lowest BCUT2D eigenvalue weighted by Gasteiger charge is -2.12. The molecule has 7 nitrogen and oxygen atoms in total. The van der Waals surface area contributed by atoms with Crippen molar-refractivity contribution < 1.29 is 28.3 Å². The highest BCUT2D eigenvalue weighted by molar-refractivity contribution is 6.29. The van der Waals surface area contributed by atoms with Crippen LogP contribution >= 0.6 is 0 Å². The van der Waals surface area contributed by atoms with Crippen LogP contribution in [0.15, 0.2) is 59.7 Å². The van der Waals surface area contributed by atoms with Crippen LogP contribution in [-0.4, -0.2) is 28.3 Å². The number of carbonyl (C=O) groups excluding carboxylic acids is 4. The number of ether oxygens (including phenoxy) is 1. The Hall–Kier alpha value is -4.13. The minimum absolute atomic E-state index is 0.0326. The molecule has 0 unspecified atom stereocenters. The lowest BCUT2D eigenvalue weighted by Crippen LogP contribution is -2.23. The second-order valence-electron chi connectivity index (χ2n) is 6.68. The van der Waals surface area contributed by atoms with Gasteiger partial charge in [-0.2, -0.15) is 0 Å². The summed E-state index contributed by atoms with van der Waals surface area (Å²) in [4.78, 5) is 54.0. The second-order valence-corrected chi connectivity index (χ2v) is 6.68. The summed E-state index contributed by atoms with van der Waals surface area (Å²) in [7, 11) is 0. The van der Waals surface area contributed by atoms with Gasteiger partial charge in [-0.15, -0.1) is 0 Å². The molecule has 0 radical (unpaired) electrons. The van der Waals surface area contributed by atoms with E-state index < -0.39 is 17.5 Å². The second kappa shape index (κ2) is 7.36. The topological polar surface area (TPSA) is 104 Å². The van der Waals surface area contributed by atoms with Crippen molar-refractivity contribution in [2.75, 3.05) is 0 Å². The summed E-state index contributed by atoms with van der Waals surface area (Å²) in [5.41, 5.74) is 0.470. The Labute approximate surface area is 171 Å². The summed E-state index contributed by atoms with van der Waals surface area (Å²) < 4.78 is 10.9. The van der Waals surface area contributed by atoms with Crippen LogP contribution in [0.25, 0.3) is 0 Å². The highest BCUT2D eigenvalue weighted by Gasteiger charge is 2.39. The monoisotopic (exact) mass is 401 g/mol. The van der Waals surface area contributed by atoms with Crippen molar-refractivity contribution in [3.63, 3.8) is 0 Å². The van der Waals surface area contributed by atoms with Gasteiger partial charge >= 0.3 is 5.97 Å². The fourth-order valence-corrected chi connectivity index (χ4v) is 3.33. The summed E-state index contributed by atoms with van der Waals surface area (Å²) in [6.45, 7) is 4.91. The molecule has 3 aromatic rings. The number of hydrogen-bond acceptors (Lipinski definition) is 7. The van der Waals surface area contributed by atoms with E-state index >= 15 is 0 Å². The largest absolute Gasteiger partial charge is 0.456 e. The van der Waals surface area contributed by atoms with Gasteiger partial charge in [-0.3, -0.25) is 19.4 Å². The summed E-state index contributed by atoms with van der Waals surface area (Å²) in [6.07, 6.45) is 2.73. The number of furan rings is 1. The lowest BCUT2D eigenvalue weighted by atomic mass is 9.90. The number of rotatable bonds is 5. The van der Waals surface area contributed by atoms with E-state index in [1.54, 1.807) is 30.3 Å². The molecule has 0 spiro atoms. The fourth-order valence-electron chi connectivity index (χ4n) is 3.33. The van der Waals surface area contributed by atoms with Gasteiger partial charge in [0.25, 0.3) is 0 Å². The Morgan fingerprint density at radius 1 is 1.17 bits per heavy atom. The molecule has 0 N–H and O–H groups in total. The van der Waals surface area contributed by atoms with Gasteiger partial charge in [0.15, 0.2) is 11.5 Å². The van der Waals surface area contributed by atoms with E-state index in [-0.39, 0.29) is 51.9 Å². The van der Waals surface area contributed by atoms with Crippen LogP contribution in [-0.2, 0) is 11.2 Å². The maximum absolute atomic E-state index is 12.9. The molecule has 0 bridgehead atoms. The van der Waals surface area contributed by atoms with Crippen LogP contribution in [0, 0.1) is 6.92 Å². The van der Waals surface area contributed by atoms with E-state index in [0.717, 1.165) is 0 Å².